The van der Waals surface area contributed by atoms with Gasteiger partial charge in [0.25, 0.3) is 0 Å². The Bertz CT molecular complexity index is 555. The predicted molar refractivity (Wildman–Crippen MR) is 74.5 cm³/mol. The molecule has 0 saturated carbocycles. The minimum Gasteiger partial charge on any atom is -0.444 e. The van der Waals surface area contributed by atoms with Gasteiger partial charge in [-0.3, -0.25) is 0 Å². The number of fused-ring (bicyclic) bond motifs is 1. The van der Waals surface area contributed by atoms with Crippen LogP contribution in [0.1, 0.15) is 44.4 Å². The van der Waals surface area contributed by atoms with Crippen molar-refractivity contribution >= 4 is 6.09 Å². The summed E-state index contributed by atoms with van der Waals surface area (Å²) in [5, 5.41) is 0. The number of rotatable bonds is 0. The van der Waals surface area contributed by atoms with Gasteiger partial charge in [-0.05, 0) is 38.8 Å². The third kappa shape index (κ3) is 3.69. The SMILES string of the molecule is CC(C)(C)OC(=O)N1CC[C@@H](N)c2c(F)cc(F)cc2C1. The summed E-state index contributed by atoms with van der Waals surface area (Å²) in [6, 6.07) is 1.48. The summed E-state index contributed by atoms with van der Waals surface area (Å²) >= 11 is 0. The molecule has 0 unspecified atom stereocenters. The zero-order valence-corrected chi connectivity index (χ0v) is 12.5. The van der Waals surface area contributed by atoms with Crippen molar-refractivity contribution in [1.82, 2.24) is 4.90 Å². The summed E-state index contributed by atoms with van der Waals surface area (Å²) in [6.07, 6.45) is -0.110. The molecule has 0 aromatic heterocycles. The van der Waals surface area contributed by atoms with Crippen molar-refractivity contribution in [2.45, 2.75) is 45.4 Å². The second kappa shape index (κ2) is 5.60. The van der Waals surface area contributed by atoms with Crippen LogP contribution in [0.4, 0.5) is 13.6 Å². The quantitative estimate of drug-likeness (QED) is 0.800. The molecular weight excluding hydrogens is 278 g/mol. The van der Waals surface area contributed by atoms with Crippen LogP contribution in [-0.4, -0.2) is 23.1 Å². The topological polar surface area (TPSA) is 55.6 Å². The van der Waals surface area contributed by atoms with Crippen LogP contribution in [0.25, 0.3) is 0 Å². The molecule has 1 amide bonds. The highest BCUT2D eigenvalue weighted by molar-refractivity contribution is 5.68. The minimum absolute atomic E-state index is 0.0899. The number of amides is 1. The normalized spacial score (nSPS) is 19.0. The maximum atomic E-state index is 13.9. The van der Waals surface area contributed by atoms with Gasteiger partial charge in [-0.15, -0.1) is 0 Å². The van der Waals surface area contributed by atoms with E-state index in [-0.39, 0.29) is 12.1 Å². The summed E-state index contributed by atoms with van der Waals surface area (Å²) < 4.78 is 32.6. The lowest BCUT2D eigenvalue weighted by Crippen LogP contribution is -2.36. The van der Waals surface area contributed by atoms with Gasteiger partial charge < -0.3 is 15.4 Å². The fourth-order valence-electron chi connectivity index (χ4n) is 2.39. The largest absolute Gasteiger partial charge is 0.444 e. The van der Waals surface area contributed by atoms with E-state index in [9.17, 15) is 13.6 Å². The Hall–Kier alpha value is -1.69. The lowest BCUT2D eigenvalue weighted by Gasteiger charge is -2.26. The molecule has 1 aromatic carbocycles. The average Bonchev–Trinajstić information content (AvgIpc) is 2.46. The molecule has 116 valence electrons. The lowest BCUT2D eigenvalue weighted by molar-refractivity contribution is 0.0234. The molecule has 0 bridgehead atoms. The molecule has 6 heteroatoms. The maximum Gasteiger partial charge on any atom is 0.410 e. The molecule has 0 aliphatic carbocycles. The fraction of sp³-hybridized carbons (Fsp3) is 0.533. The second-order valence-corrected chi connectivity index (χ2v) is 6.26. The summed E-state index contributed by atoms with van der Waals surface area (Å²) in [5.41, 5.74) is 5.99. The number of ether oxygens (including phenoxy) is 1. The Morgan fingerprint density at radius 3 is 2.67 bits per heavy atom. The number of halogens is 2. The first kappa shape index (κ1) is 15.7. The van der Waals surface area contributed by atoms with Crippen molar-refractivity contribution in [2.24, 2.45) is 5.73 Å². The Morgan fingerprint density at radius 2 is 2.05 bits per heavy atom. The molecule has 0 radical (unpaired) electrons. The molecule has 1 aliphatic heterocycles. The van der Waals surface area contributed by atoms with E-state index in [4.69, 9.17) is 10.5 Å². The van der Waals surface area contributed by atoms with Crippen LogP contribution < -0.4 is 5.73 Å². The van der Waals surface area contributed by atoms with Crippen molar-refractivity contribution in [2.75, 3.05) is 6.54 Å². The van der Waals surface area contributed by atoms with E-state index in [0.29, 0.717) is 18.5 Å². The van der Waals surface area contributed by atoms with Crippen LogP contribution in [0.2, 0.25) is 0 Å². The van der Waals surface area contributed by atoms with Gasteiger partial charge >= 0.3 is 6.09 Å². The summed E-state index contributed by atoms with van der Waals surface area (Å²) in [4.78, 5) is 13.6. The third-order valence-electron chi connectivity index (χ3n) is 3.27. The Kier molecular flexibility index (Phi) is 4.18. The van der Waals surface area contributed by atoms with Gasteiger partial charge in [0.2, 0.25) is 0 Å². The monoisotopic (exact) mass is 298 g/mol. The van der Waals surface area contributed by atoms with Gasteiger partial charge in [0.15, 0.2) is 0 Å². The van der Waals surface area contributed by atoms with Crippen molar-refractivity contribution in [1.29, 1.82) is 0 Å². The highest BCUT2D eigenvalue weighted by Crippen LogP contribution is 2.29. The van der Waals surface area contributed by atoms with Crippen LogP contribution in [0, 0.1) is 11.6 Å². The molecule has 1 atom stereocenters. The number of nitrogens with two attached hydrogens (primary N) is 1. The van der Waals surface area contributed by atoms with Gasteiger partial charge in [-0.1, -0.05) is 0 Å². The average molecular weight is 298 g/mol. The molecule has 21 heavy (non-hydrogen) atoms. The lowest BCUT2D eigenvalue weighted by atomic mass is 9.99. The van der Waals surface area contributed by atoms with Crippen LogP contribution in [0.3, 0.4) is 0 Å². The summed E-state index contributed by atoms with van der Waals surface area (Å²) in [6.45, 7) is 5.73. The molecular formula is C15H20F2N2O2. The predicted octanol–water partition coefficient (Wildman–Crippen LogP) is 3.11. The number of carbonyl (C=O) groups is 1. The first-order chi connectivity index (χ1) is 9.67. The van der Waals surface area contributed by atoms with Crippen molar-refractivity contribution < 1.29 is 18.3 Å². The van der Waals surface area contributed by atoms with Crippen LogP contribution >= 0.6 is 0 Å². The Balaban J connectivity index is 2.29. The van der Waals surface area contributed by atoms with E-state index >= 15 is 0 Å². The van der Waals surface area contributed by atoms with Gasteiger partial charge in [0, 0.05) is 30.8 Å². The molecule has 2 rings (SSSR count). The molecule has 2 N–H and O–H groups in total. The van der Waals surface area contributed by atoms with E-state index in [1.165, 1.54) is 11.0 Å². The molecule has 1 aromatic rings. The summed E-state index contributed by atoms with van der Waals surface area (Å²) in [5.74, 6) is -1.34. The first-order valence-electron chi connectivity index (χ1n) is 6.88. The molecule has 1 aliphatic rings. The zero-order chi connectivity index (χ0) is 15.8. The van der Waals surface area contributed by atoms with Crippen LogP contribution in [0.5, 0.6) is 0 Å². The number of nitrogens with zero attached hydrogens (tertiary/aromatic N) is 1. The molecule has 4 nitrogen and oxygen atoms in total. The van der Waals surface area contributed by atoms with Crippen LogP contribution in [-0.2, 0) is 11.3 Å². The van der Waals surface area contributed by atoms with Gasteiger partial charge in [0.1, 0.15) is 17.2 Å². The zero-order valence-electron chi connectivity index (χ0n) is 12.5. The van der Waals surface area contributed by atoms with Crippen molar-refractivity contribution in [3.63, 3.8) is 0 Å². The number of hydrogen-bond donors (Lipinski definition) is 1. The fourth-order valence-corrected chi connectivity index (χ4v) is 2.39. The molecule has 0 spiro atoms. The van der Waals surface area contributed by atoms with E-state index in [0.717, 1.165) is 6.07 Å². The smallest absolute Gasteiger partial charge is 0.410 e. The van der Waals surface area contributed by atoms with Gasteiger partial charge in [-0.25, -0.2) is 13.6 Å². The first-order valence-corrected chi connectivity index (χ1v) is 6.88. The second-order valence-electron chi connectivity index (χ2n) is 6.26. The van der Waals surface area contributed by atoms with E-state index in [1.54, 1.807) is 20.8 Å². The van der Waals surface area contributed by atoms with Crippen molar-refractivity contribution in [3.8, 4) is 0 Å². The Morgan fingerprint density at radius 1 is 1.38 bits per heavy atom. The van der Waals surface area contributed by atoms with Gasteiger partial charge in [0.05, 0.1) is 0 Å². The summed E-state index contributed by atoms with van der Waals surface area (Å²) in [7, 11) is 0. The number of carbonyl (C=O) groups excluding carboxylic acids is 1. The molecule has 1 heterocycles. The minimum atomic E-state index is -0.676. The molecule has 0 fully saturated rings. The molecule has 0 saturated heterocycles. The Labute approximate surface area is 122 Å². The number of hydrogen-bond acceptors (Lipinski definition) is 3. The van der Waals surface area contributed by atoms with E-state index in [2.05, 4.69) is 0 Å². The van der Waals surface area contributed by atoms with Crippen molar-refractivity contribution in [3.05, 3.63) is 34.9 Å². The van der Waals surface area contributed by atoms with E-state index < -0.39 is 29.4 Å². The highest BCUT2D eigenvalue weighted by atomic mass is 19.1. The van der Waals surface area contributed by atoms with Crippen LogP contribution in [0.15, 0.2) is 12.1 Å². The highest BCUT2D eigenvalue weighted by Gasteiger charge is 2.28. The van der Waals surface area contributed by atoms with E-state index in [1.807, 2.05) is 0 Å². The third-order valence-corrected chi connectivity index (χ3v) is 3.27. The standard InChI is InChI=1S/C15H20F2N2O2/c1-15(2,3)21-14(20)19-5-4-12(18)13-9(8-19)6-10(16)7-11(13)17/h6-7,12H,4-5,8,18H2,1-3H3/t12-/m1/s1. The maximum absolute atomic E-state index is 13.9. The van der Waals surface area contributed by atoms with Gasteiger partial charge in [-0.2, -0.15) is 0 Å². The number of benzene rings is 1.